The first-order valence-electron chi connectivity index (χ1n) is 3.59. The van der Waals surface area contributed by atoms with Crippen LogP contribution in [-0.4, -0.2) is 36.2 Å². The van der Waals surface area contributed by atoms with Gasteiger partial charge in [-0.05, 0) is 13.3 Å². The van der Waals surface area contributed by atoms with E-state index in [1.54, 1.807) is 5.48 Å². The Balaban J connectivity index is 4.78. The summed E-state index contributed by atoms with van der Waals surface area (Å²) >= 11 is 0. The molecule has 0 bridgehead atoms. The van der Waals surface area contributed by atoms with Crippen molar-refractivity contribution in [1.82, 2.24) is 5.48 Å². The van der Waals surface area contributed by atoms with Gasteiger partial charge in [0.25, 0.3) is 0 Å². The van der Waals surface area contributed by atoms with Gasteiger partial charge < -0.3 is 24.8 Å². The molecule has 0 spiro atoms. The van der Waals surface area contributed by atoms with Gasteiger partial charge in [0.1, 0.15) is 0 Å². The highest BCUT2D eigenvalue weighted by Crippen LogP contribution is 2.61. The number of rotatable bonds is 5. The van der Waals surface area contributed by atoms with Gasteiger partial charge in [-0.2, -0.15) is 0 Å². The standard InChI is InChI=1S/C4H13NO7P2/c1-3(5-6)2-4(13(7,8)9)14(10,11)12/h3-6H,2H2,1H3,(H2,7,8,9)(H2,10,11,12). The van der Waals surface area contributed by atoms with E-state index in [0.29, 0.717) is 0 Å². The van der Waals surface area contributed by atoms with Crippen LogP contribution in [0.2, 0.25) is 0 Å². The fourth-order valence-electron chi connectivity index (χ4n) is 0.840. The highest BCUT2D eigenvalue weighted by molar-refractivity contribution is 7.70. The van der Waals surface area contributed by atoms with E-state index in [2.05, 4.69) is 0 Å². The monoisotopic (exact) mass is 249 g/mol. The number of hydrogen-bond acceptors (Lipinski definition) is 4. The zero-order valence-corrected chi connectivity index (χ0v) is 9.10. The molecular formula is C4H13NO7P2. The fourth-order valence-corrected chi connectivity index (χ4v) is 3.59. The average Bonchev–Trinajstić information content (AvgIpc) is 1.95. The third kappa shape index (κ3) is 4.63. The molecule has 6 N–H and O–H groups in total. The quantitative estimate of drug-likeness (QED) is 0.280. The van der Waals surface area contributed by atoms with E-state index in [4.69, 9.17) is 24.8 Å². The second-order valence-electron chi connectivity index (χ2n) is 2.92. The van der Waals surface area contributed by atoms with Gasteiger partial charge in [-0.3, -0.25) is 9.13 Å². The Kier molecular flexibility index (Phi) is 4.90. The van der Waals surface area contributed by atoms with E-state index >= 15 is 0 Å². The maximum atomic E-state index is 10.7. The van der Waals surface area contributed by atoms with Gasteiger partial charge in [0.15, 0.2) is 5.40 Å². The van der Waals surface area contributed by atoms with E-state index in [-0.39, 0.29) is 0 Å². The van der Waals surface area contributed by atoms with Crippen molar-refractivity contribution in [2.45, 2.75) is 24.8 Å². The lowest BCUT2D eigenvalue weighted by atomic mass is 10.3. The van der Waals surface area contributed by atoms with Crippen molar-refractivity contribution in [3.8, 4) is 0 Å². The Morgan fingerprint density at radius 3 is 1.71 bits per heavy atom. The summed E-state index contributed by atoms with van der Waals surface area (Å²) in [6.07, 6.45) is -0.523. The Morgan fingerprint density at radius 2 is 1.50 bits per heavy atom. The molecular weight excluding hydrogens is 236 g/mol. The maximum Gasteiger partial charge on any atom is 0.340 e. The summed E-state index contributed by atoms with van der Waals surface area (Å²) in [6, 6.07) is -0.819. The van der Waals surface area contributed by atoms with Crippen molar-refractivity contribution < 1.29 is 33.9 Å². The third-order valence-corrected chi connectivity index (χ3v) is 5.34. The first kappa shape index (κ1) is 14.2. The minimum Gasteiger partial charge on any atom is -0.324 e. The fraction of sp³-hybridized carbons (Fsp3) is 1.00. The van der Waals surface area contributed by atoms with Crippen molar-refractivity contribution in [3.63, 3.8) is 0 Å². The van der Waals surface area contributed by atoms with Crippen LogP contribution in [0.3, 0.4) is 0 Å². The molecule has 1 atom stereocenters. The van der Waals surface area contributed by atoms with Crippen LogP contribution in [-0.2, 0) is 9.13 Å². The normalized spacial score (nSPS) is 15.9. The first-order chi connectivity index (χ1) is 6.09. The Labute approximate surface area is 80.2 Å². The van der Waals surface area contributed by atoms with Crippen LogP contribution in [0.15, 0.2) is 0 Å². The van der Waals surface area contributed by atoms with Crippen LogP contribution in [0.25, 0.3) is 0 Å². The SMILES string of the molecule is CC(CC(P(=O)(O)O)P(=O)(O)O)NO. The molecule has 0 aromatic carbocycles. The van der Waals surface area contributed by atoms with E-state index in [9.17, 15) is 9.13 Å². The van der Waals surface area contributed by atoms with Crippen LogP contribution in [0, 0.1) is 0 Å². The predicted octanol–water partition coefficient (Wildman–Crippen LogP) is -0.575. The van der Waals surface area contributed by atoms with Crippen molar-refractivity contribution in [2.75, 3.05) is 0 Å². The van der Waals surface area contributed by atoms with E-state index in [1.807, 2.05) is 0 Å². The minimum absolute atomic E-state index is 0.523. The molecule has 1 unspecified atom stereocenters. The lowest BCUT2D eigenvalue weighted by Gasteiger charge is -2.21. The molecule has 14 heavy (non-hydrogen) atoms. The highest BCUT2D eigenvalue weighted by atomic mass is 31.2. The van der Waals surface area contributed by atoms with Crippen molar-refractivity contribution in [1.29, 1.82) is 0 Å². The Bertz CT molecular complexity index is 247. The summed E-state index contributed by atoms with van der Waals surface area (Å²) in [5, 5.41) is 6.28. The molecule has 0 heterocycles. The van der Waals surface area contributed by atoms with Crippen molar-refractivity contribution >= 4 is 15.2 Å². The predicted molar refractivity (Wildman–Crippen MR) is 46.9 cm³/mol. The largest absolute Gasteiger partial charge is 0.340 e. The van der Waals surface area contributed by atoms with E-state index in [0.717, 1.165) is 0 Å². The summed E-state index contributed by atoms with van der Waals surface area (Å²) in [5.74, 6) is 0. The summed E-state index contributed by atoms with van der Waals surface area (Å²) in [6.45, 7) is 1.33. The zero-order valence-electron chi connectivity index (χ0n) is 7.31. The molecule has 10 heteroatoms. The molecule has 0 aromatic rings. The molecule has 0 rings (SSSR count). The molecule has 0 saturated carbocycles. The summed E-state index contributed by atoms with van der Waals surface area (Å²) < 4.78 is 21.4. The third-order valence-electron chi connectivity index (χ3n) is 1.56. The molecule has 0 fully saturated rings. The van der Waals surface area contributed by atoms with Gasteiger partial charge >= 0.3 is 15.2 Å². The van der Waals surface area contributed by atoms with Crippen molar-refractivity contribution in [3.05, 3.63) is 0 Å². The highest BCUT2D eigenvalue weighted by Gasteiger charge is 2.43. The van der Waals surface area contributed by atoms with Gasteiger partial charge in [-0.15, -0.1) is 0 Å². The summed E-state index contributed by atoms with van der Waals surface area (Å²) in [4.78, 5) is 34.7. The molecule has 0 aliphatic carbocycles. The van der Waals surface area contributed by atoms with Crippen LogP contribution >= 0.6 is 15.2 Å². The van der Waals surface area contributed by atoms with E-state index < -0.39 is 33.1 Å². The Morgan fingerprint density at radius 1 is 1.14 bits per heavy atom. The molecule has 8 nitrogen and oxygen atoms in total. The molecule has 86 valence electrons. The smallest absolute Gasteiger partial charge is 0.324 e. The molecule has 0 aromatic heterocycles. The van der Waals surface area contributed by atoms with Gasteiger partial charge in [-0.1, -0.05) is 0 Å². The van der Waals surface area contributed by atoms with Crippen LogP contribution in [0.5, 0.6) is 0 Å². The molecule has 0 radical (unpaired) electrons. The second-order valence-corrected chi connectivity index (χ2v) is 6.94. The zero-order chi connectivity index (χ0) is 11.6. The minimum atomic E-state index is -4.88. The molecule has 0 aliphatic heterocycles. The topological polar surface area (TPSA) is 147 Å². The maximum absolute atomic E-state index is 10.7. The second kappa shape index (κ2) is 4.83. The van der Waals surface area contributed by atoms with Crippen molar-refractivity contribution in [2.24, 2.45) is 0 Å². The van der Waals surface area contributed by atoms with Gasteiger partial charge in [0.05, 0.1) is 0 Å². The Hall–Kier alpha value is 0.220. The summed E-state index contributed by atoms with van der Waals surface area (Å²) in [5.41, 5.74) is 1.65. The first-order valence-corrected chi connectivity index (χ1v) is 6.95. The number of hydrogen-bond donors (Lipinski definition) is 6. The van der Waals surface area contributed by atoms with Gasteiger partial charge in [-0.25, -0.2) is 5.48 Å². The van der Waals surface area contributed by atoms with Crippen LogP contribution < -0.4 is 5.48 Å². The lowest BCUT2D eigenvalue weighted by Crippen LogP contribution is -2.27. The molecule has 0 aliphatic rings. The number of hydroxylamine groups is 1. The number of nitrogens with one attached hydrogen (secondary N) is 1. The average molecular weight is 249 g/mol. The van der Waals surface area contributed by atoms with Crippen LogP contribution in [0.1, 0.15) is 13.3 Å². The molecule has 0 amide bonds. The lowest BCUT2D eigenvalue weighted by molar-refractivity contribution is 0.129. The summed E-state index contributed by atoms with van der Waals surface area (Å²) in [7, 11) is -9.76. The van der Waals surface area contributed by atoms with E-state index in [1.165, 1.54) is 6.92 Å². The molecule has 0 saturated heterocycles. The van der Waals surface area contributed by atoms with Crippen LogP contribution in [0.4, 0.5) is 0 Å². The van der Waals surface area contributed by atoms with Gasteiger partial charge in [0.2, 0.25) is 0 Å². The van der Waals surface area contributed by atoms with Gasteiger partial charge in [0, 0.05) is 6.04 Å².